The fraction of sp³-hybridized carbons (Fsp3) is 0.846. The molecule has 0 aromatic carbocycles. The van der Waals surface area contributed by atoms with Gasteiger partial charge in [0.1, 0.15) is 0 Å². The Morgan fingerprint density at radius 1 is 1.58 bits per heavy atom. The zero-order valence-electron chi connectivity index (χ0n) is 11.6. The lowest BCUT2D eigenvalue weighted by molar-refractivity contribution is -0.134. The van der Waals surface area contributed by atoms with Crippen molar-refractivity contribution in [3.8, 4) is 0 Å². The van der Waals surface area contributed by atoms with Crippen LogP contribution in [-0.2, 0) is 9.53 Å². The van der Waals surface area contributed by atoms with Gasteiger partial charge in [-0.2, -0.15) is 0 Å². The van der Waals surface area contributed by atoms with Crippen LogP contribution in [-0.4, -0.2) is 55.2 Å². The molecule has 108 valence electrons. The van der Waals surface area contributed by atoms with Crippen molar-refractivity contribution in [1.82, 2.24) is 10.2 Å². The minimum Gasteiger partial charge on any atom is -0.392 e. The largest absolute Gasteiger partial charge is 0.392 e. The first kappa shape index (κ1) is 14.7. The molecule has 1 unspecified atom stereocenters. The number of carbonyl (C=O) groups excluding carboxylic acids is 1. The van der Waals surface area contributed by atoms with Gasteiger partial charge in [0.2, 0.25) is 5.91 Å². The monoisotopic (exact) mass is 285 g/mol. The van der Waals surface area contributed by atoms with Crippen molar-refractivity contribution in [2.75, 3.05) is 33.3 Å². The van der Waals surface area contributed by atoms with Crippen molar-refractivity contribution in [3.63, 3.8) is 0 Å². The highest BCUT2D eigenvalue weighted by molar-refractivity contribution is 7.80. The number of amides is 1. The topological polar surface area (TPSA) is 67.6 Å². The maximum atomic E-state index is 12.3. The van der Waals surface area contributed by atoms with Crippen molar-refractivity contribution in [2.45, 2.75) is 25.9 Å². The van der Waals surface area contributed by atoms with Gasteiger partial charge in [-0.15, -0.1) is 0 Å². The van der Waals surface area contributed by atoms with Crippen LogP contribution in [0.15, 0.2) is 0 Å². The molecule has 5 nitrogen and oxygen atoms in total. The summed E-state index contributed by atoms with van der Waals surface area (Å²) in [6.07, 6.45) is 1.59. The van der Waals surface area contributed by atoms with E-state index < -0.39 is 5.41 Å². The van der Waals surface area contributed by atoms with E-state index in [2.05, 4.69) is 24.2 Å². The molecule has 6 heteroatoms. The second-order valence-electron chi connectivity index (χ2n) is 5.92. The molecule has 1 aliphatic heterocycles. The molecule has 19 heavy (non-hydrogen) atoms. The number of ether oxygens (including phenoxy) is 1. The Morgan fingerprint density at radius 3 is 2.79 bits per heavy atom. The lowest BCUT2D eigenvalue weighted by Crippen LogP contribution is -2.57. The summed E-state index contributed by atoms with van der Waals surface area (Å²) in [6, 6.07) is 0. The van der Waals surface area contributed by atoms with Gasteiger partial charge in [0, 0.05) is 19.6 Å². The van der Waals surface area contributed by atoms with Crippen molar-refractivity contribution in [2.24, 2.45) is 17.1 Å². The minimum absolute atomic E-state index is 0.0325. The van der Waals surface area contributed by atoms with E-state index in [1.54, 1.807) is 0 Å². The van der Waals surface area contributed by atoms with Crippen LogP contribution in [0.25, 0.3) is 0 Å². The summed E-state index contributed by atoms with van der Waals surface area (Å²) in [4.78, 5) is 14.8. The highest BCUT2D eigenvalue weighted by Gasteiger charge is 2.50. The van der Waals surface area contributed by atoms with Crippen LogP contribution in [0.2, 0.25) is 0 Å². The Balaban J connectivity index is 1.85. The molecular weight excluding hydrogens is 262 g/mol. The van der Waals surface area contributed by atoms with Gasteiger partial charge < -0.3 is 20.7 Å². The van der Waals surface area contributed by atoms with Crippen molar-refractivity contribution in [1.29, 1.82) is 0 Å². The molecule has 2 aliphatic rings. The maximum Gasteiger partial charge on any atom is 0.233 e. The van der Waals surface area contributed by atoms with Gasteiger partial charge in [-0.05, 0) is 25.8 Å². The molecule has 0 spiro atoms. The number of nitrogens with zero attached hydrogens (tertiary/aromatic N) is 1. The first-order chi connectivity index (χ1) is 8.94. The highest BCUT2D eigenvalue weighted by atomic mass is 32.1. The smallest absolute Gasteiger partial charge is 0.233 e. The van der Waals surface area contributed by atoms with Crippen LogP contribution in [0.1, 0.15) is 19.8 Å². The molecule has 3 N–H and O–H groups in total. The second-order valence-corrected chi connectivity index (χ2v) is 6.36. The minimum atomic E-state index is -0.616. The predicted molar refractivity (Wildman–Crippen MR) is 77.9 cm³/mol. The van der Waals surface area contributed by atoms with E-state index in [-0.39, 0.29) is 12.0 Å². The third-order valence-corrected chi connectivity index (χ3v) is 4.52. The van der Waals surface area contributed by atoms with Crippen LogP contribution >= 0.6 is 12.2 Å². The predicted octanol–water partition coefficient (Wildman–Crippen LogP) is 0.136. The SMILES string of the molecule is CC1CC(C(=O)NCC2CN(C)CCO2)(C(N)=S)C1. The van der Waals surface area contributed by atoms with E-state index in [1.807, 2.05) is 0 Å². The fourth-order valence-electron chi connectivity index (χ4n) is 2.99. The van der Waals surface area contributed by atoms with Crippen LogP contribution < -0.4 is 11.1 Å². The van der Waals surface area contributed by atoms with Gasteiger partial charge in [0.25, 0.3) is 0 Å². The lowest BCUT2D eigenvalue weighted by atomic mass is 9.62. The molecule has 2 rings (SSSR count). The van der Waals surface area contributed by atoms with E-state index >= 15 is 0 Å². The molecule has 1 aliphatic carbocycles. The number of nitrogens with two attached hydrogens (primary N) is 1. The van der Waals surface area contributed by atoms with Crippen LogP contribution in [0.5, 0.6) is 0 Å². The van der Waals surface area contributed by atoms with E-state index in [0.717, 1.165) is 25.9 Å². The van der Waals surface area contributed by atoms with Gasteiger partial charge in [0.15, 0.2) is 0 Å². The van der Waals surface area contributed by atoms with E-state index in [0.29, 0.717) is 24.1 Å². The summed E-state index contributed by atoms with van der Waals surface area (Å²) < 4.78 is 5.62. The number of nitrogens with one attached hydrogen (secondary N) is 1. The highest BCUT2D eigenvalue weighted by Crippen LogP contribution is 2.45. The zero-order chi connectivity index (χ0) is 14.0. The Labute approximate surface area is 119 Å². The Morgan fingerprint density at radius 2 is 2.26 bits per heavy atom. The van der Waals surface area contributed by atoms with E-state index in [4.69, 9.17) is 22.7 Å². The Bertz CT molecular complexity index is 369. The summed E-state index contributed by atoms with van der Waals surface area (Å²) >= 11 is 5.08. The number of likely N-dealkylation sites (N-methyl/N-ethyl adjacent to an activating group) is 1. The summed E-state index contributed by atoms with van der Waals surface area (Å²) in [6.45, 7) is 5.15. The number of morpholine rings is 1. The molecule has 0 aromatic heterocycles. The first-order valence-electron chi connectivity index (χ1n) is 6.82. The molecule has 0 aromatic rings. The number of thiocarbonyl (C=S) groups is 1. The van der Waals surface area contributed by atoms with Crippen molar-refractivity contribution in [3.05, 3.63) is 0 Å². The number of hydrogen-bond acceptors (Lipinski definition) is 4. The third-order valence-electron chi connectivity index (χ3n) is 4.13. The van der Waals surface area contributed by atoms with Gasteiger partial charge in [-0.3, -0.25) is 4.79 Å². The average molecular weight is 285 g/mol. The average Bonchev–Trinajstić information content (AvgIpc) is 2.31. The van der Waals surface area contributed by atoms with Gasteiger partial charge >= 0.3 is 0 Å². The number of rotatable bonds is 4. The molecule has 1 heterocycles. The molecular formula is C13H23N3O2S. The van der Waals surface area contributed by atoms with Gasteiger partial charge in [-0.1, -0.05) is 19.1 Å². The number of carbonyl (C=O) groups is 1. The summed E-state index contributed by atoms with van der Waals surface area (Å²) in [5.41, 5.74) is 5.14. The molecule has 1 atom stereocenters. The Hall–Kier alpha value is -0.720. The standard InChI is InChI=1S/C13H23N3O2S/c1-9-5-13(6-9,11(14)19)12(17)15-7-10-8-16(2)3-4-18-10/h9-10H,3-8H2,1-2H3,(H2,14,19)(H,15,17). The van der Waals surface area contributed by atoms with Crippen LogP contribution in [0.3, 0.4) is 0 Å². The molecule has 0 bridgehead atoms. The third kappa shape index (κ3) is 3.07. The first-order valence-corrected chi connectivity index (χ1v) is 7.23. The molecule has 2 fully saturated rings. The molecule has 1 saturated carbocycles. The van der Waals surface area contributed by atoms with Gasteiger partial charge in [-0.25, -0.2) is 0 Å². The Kier molecular flexibility index (Phi) is 4.43. The summed E-state index contributed by atoms with van der Waals surface area (Å²) in [5.74, 6) is 0.485. The van der Waals surface area contributed by atoms with Crippen molar-refractivity contribution >= 4 is 23.1 Å². The summed E-state index contributed by atoms with van der Waals surface area (Å²) in [7, 11) is 2.06. The second kappa shape index (κ2) is 5.73. The normalized spacial score (nSPS) is 35.5. The molecule has 0 radical (unpaired) electrons. The van der Waals surface area contributed by atoms with E-state index in [9.17, 15) is 4.79 Å². The number of hydrogen-bond donors (Lipinski definition) is 2. The molecule has 1 saturated heterocycles. The molecule has 1 amide bonds. The van der Waals surface area contributed by atoms with E-state index in [1.165, 1.54) is 0 Å². The van der Waals surface area contributed by atoms with Crippen LogP contribution in [0.4, 0.5) is 0 Å². The summed E-state index contributed by atoms with van der Waals surface area (Å²) in [5, 5.41) is 2.96. The zero-order valence-corrected chi connectivity index (χ0v) is 12.5. The quantitative estimate of drug-likeness (QED) is 0.719. The van der Waals surface area contributed by atoms with Gasteiger partial charge in [0.05, 0.1) is 23.1 Å². The fourth-order valence-corrected chi connectivity index (χ4v) is 3.25. The van der Waals surface area contributed by atoms with Crippen molar-refractivity contribution < 1.29 is 9.53 Å². The van der Waals surface area contributed by atoms with Crippen LogP contribution in [0, 0.1) is 11.3 Å². The lowest BCUT2D eigenvalue weighted by Gasteiger charge is -2.44. The maximum absolute atomic E-state index is 12.3.